The van der Waals surface area contributed by atoms with Crippen molar-refractivity contribution in [1.82, 2.24) is 5.32 Å². The normalized spacial score (nSPS) is 10.4. The van der Waals surface area contributed by atoms with Gasteiger partial charge in [0.1, 0.15) is 0 Å². The van der Waals surface area contributed by atoms with E-state index in [0.717, 1.165) is 5.56 Å². The zero-order chi connectivity index (χ0) is 13.9. The summed E-state index contributed by atoms with van der Waals surface area (Å²) in [6, 6.07) is 7.37. The third-order valence-corrected chi connectivity index (χ3v) is 2.46. The summed E-state index contributed by atoms with van der Waals surface area (Å²) in [4.78, 5) is 11.9. The third-order valence-electron chi connectivity index (χ3n) is 2.46. The minimum atomic E-state index is -0.103. The number of carbonyl (C=O) groups excluding carboxylic acids is 1. The minimum Gasteiger partial charge on any atom is -0.382 e. The van der Waals surface area contributed by atoms with Gasteiger partial charge in [-0.1, -0.05) is 12.1 Å². The Morgan fingerprint density at radius 2 is 2.00 bits per heavy atom. The lowest BCUT2D eigenvalue weighted by molar-refractivity contribution is 0.0692. The molecule has 0 unspecified atom stereocenters. The van der Waals surface area contributed by atoms with E-state index < -0.39 is 0 Å². The maximum absolute atomic E-state index is 11.9. The van der Waals surface area contributed by atoms with Crippen LogP contribution in [0.5, 0.6) is 0 Å². The summed E-state index contributed by atoms with van der Waals surface area (Å²) in [6.45, 7) is 2.56. The number of rotatable bonds is 9. The predicted molar refractivity (Wildman–Crippen MR) is 72.2 cm³/mol. The highest BCUT2D eigenvalue weighted by Crippen LogP contribution is 2.06. The molecule has 1 N–H and O–H groups in total. The summed E-state index contributed by atoms with van der Waals surface area (Å²) in [6.07, 6.45) is 0. The highest BCUT2D eigenvalue weighted by atomic mass is 16.5. The first-order valence-electron chi connectivity index (χ1n) is 6.20. The molecule has 5 heteroatoms. The zero-order valence-corrected chi connectivity index (χ0v) is 11.5. The van der Waals surface area contributed by atoms with Crippen LogP contribution >= 0.6 is 0 Å². The molecule has 1 rings (SSSR count). The fraction of sp³-hybridized carbons (Fsp3) is 0.500. The molecule has 0 saturated heterocycles. The van der Waals surface area contributed by atoms with E-state index in [1.807, 2.05) is 18.2 Å². The maximum Gasteiger partial charge on any atom is 0.251 e. The Balaban J connectivity index is 2.30. The Kier molecular flexibility index (Phi) is 7.81. The van der Waals surface area contributed by atoms with Crippen molar-refractivity contribution in [3.05, 3.63) is 35.4 Å². The van der Waals surface area contributed by atoms with Crippen LogP contribution in [-0.4, -0.2) is 46.5 Å². The first-order valence-corrected chi connectivity index (χ1v) is 6.20. The first kappa shape index (κ1) is 15.6. The number of amides is 1. The second kappa shape index (κ2) is 9.49. The van der Waals surface area contributed by atoms with Gasteiger partial charge in [0.25, 0.3) is 5.91 Å². The number of hydrogen-bond acceptors (Lipinski definition) is 4. The summed E-state index contributed by atoms with van der Waals surface area (Å²) in [5.41, 5.74) is 1.61. The SMILES string of the molecule is COCCOCCNC(=O)c1cccc(COC)c1. The Hall–Kier alpha value is -1.43. The molecule has 1 amide bonds. The molecule has 0 spiro atoms. The molecule has 0 fully saturated rings. The van der Waals surface area contributed by atoms with Gasteiger partial charge in [-0.15, -0.1) is 0 Å². The van der Waals surface area contributed by atoms with Crippen molar-refractivity contribution in [3.8, 4) is 0 Å². The smallest absolute Gasteiger partial charge is 0.251 e. The van der Waals surface area contributed by atoms with Crippen LogP contribution in [0.1, 0.15) is 15.9 Å². The van der Waals surface area contributed by atoms with Crippen LogP contribution in [0.25, 0.3) is 0 Å². The summed E-state index contributed by atoms with van der Waals surface area (Å²) < 4.78 is 15.1. The van der Waals surface area contributed by atoms with Crippen molar-refractivity contribution in [2.24, 2.45) is 0 Å². The van der Waals surface area contributed by atoms with E-state index >= 15 is 0 Å². The van der Waals surface area contributed by atoms with Crippen molar-refractivity contribution >= 4 is 5.91 Å². The van der Waals surface area contributed by atoms with Crippen LogP contribution in [0.4, 0.5) is 0 Å². The van der Waals surface area contributed by atoms with Gasteiger partial charge in [-0.25, -0.2) is 0 Å². The number of benzene rings is 1. The molecule has 0 aliphatic carbocycles. The van der Waals surface area contributed by atoms with Crippen molar-refractivity contribution < 1.29 is 19.0 Å². The number of ether oxygens (including phenoxy) is 3. The summed E-state index contributed by atoms with van der Waals surface area (Å²) >= 11 is 0. The largest absolute Gasteiger partial charge is 0.382 e. The van der Waals surface area contributed by atoms with Crippen LogP contribution in [0, 0.1) is 0 Å². The topological polar surface area (TPSA) is 56.8 Å². The second-order valence-electron chi connectivity index (χ2n) is 3.99. The fourth-order valence-corrected chi connectivity index (χ4v) is 1.55. The van der Waals surface area contributed by atoms with Gasteiger partial charge in [-0.2, -0.15) is 0 Å². The van der Waals surface area contributed by atoms with Crippen molar-refractivity contribution in [2.45, 2.75) is 6.61 Å². The Morgan fingerprint density at radius 3 is 2.74 bits per heavy atom. The number of nitrogens with one attached hydrogen (secondary N) is 1. The fourth-order valence-electron chi connectivity index (χ4n) is 1.55. The molecule has 1 aromatic rings. The third kappa shape index (κ3) is 6.33. The zero-order valence-electron chi connectivity index (χ0n) is 11.5. The van der Waals surface area contributed by atoms with E-state index in [4.69, 9.17) is 14.2 Å². The van der Waals surface area contributed by atoms with Crippen LogP contribution in [-0.2, 0) is 20.8 Å². The van der Waals surface area contributed by atoms with Crippen LogP contribution in [0.3, 0.4) is 0 Å². The van der Waals surface area contributed by atoms with Gasteiger partial charge in [0.05, 0.1) is 26.4 Å². The molecule has 106 valence electrons. The Morgan fingerprint density at radius 1 is 1.16 bits per heavy atom. The number of hydrogen-bond donors (Lipinski definition) is 1. The highest BCUT2D eigenvalue weighted by molar-refractivity contribution is 5.94. The van der Waals surface area contributed by atoms with E-state index in [0.29, 0.717) is 38.5 Å². The molecule has 5 nitrogen and oxygen atoms in total. The van der Waals surface area contributed by atoms with Gasteiger partial charge in [0.2, 0.25) is 0 Å². The minimum absolute atomic E-state index is 0.103. The van der Waals surface area contributed by atoms with Crippen molar-refractivity contribution in [2.75, 3.05) is 40.6 Å². The molecule has 0 heterocycles. The summed E-state index contributed by atoms with van der Waals surface area (Å²) in [5.74, 6) is -0.103. The Bertz CT molecular complexity index is 381. The van der Waals surface area contributed by atoms with Crippen LogP contribution in [0.15, 0.2) is 24.3 Å². The molecule has 0 bridgehead atoms. The second-order valence-corrected chi connectivity index (χ2v) is 3.99. The van der Waals surface area contributed by atoms with Crippen LogP contribution < -0.4 is 5.32 Å². The molecular formula is C14H21NO4. The summed E-state index contributed by atoms with van der Waals surface area (Å²) in [5, 5.41) is 2.80. The molecule has 0 aliphatic rings. The quantitative estimate of drug-likeness (QED) is 0.684. The maximum atomic E-state index is 11.9. The predicted octanol–water partition coefficient (Wildman–Crippen LogP) is 1.23. The first-order chi connectivity index (χ1) is 9.27. The molecule has 19 heavy (non-hydrogen) atoms. The monoisotopic (exact) mass is 267 g/mol. The van der Waals surface area contributed by atoms with E-state index in [9.17, 15) is 4.79 Å². The van der Waals surface area contributed by atoms with Gasteiger partial charge in [-0.05, 0) is 17.7 Å². The number of methoxy groups -OCH3 is 2. The molecule has 1 aromatic carbocycles. The lowest BCUT2D eigenvalue weighted by atomic mass is 10.1. The van der Waals surface area contributed by atoms with Crippen LogP contribution in [0.2, 0.25) is 0 Å². The molecule has 0 aliphatic heterocycles. The highest BCUT2D eigenvalue weighted by Gasteiger charge is 2.05. The molecule has 0 aromatic heterocycles. The van der Waals surface area contributed by atoms with E-state index in [-0.39, 0.29) is 5.91 Å². The van der Waals surface area contributed by atoms with Crippen molar-refractivity contribution in [3.63, 3.8) is 0 Å². The van der Waals surface area contributed by atoms with E-state index in [1.54, 1.807) is 20.3 Å². The molecule has 0 radical (unpaired) electrons. The number of carbonyl (C=O) groups is 1. The average Bonchev–Trinajstić information content (AvgIpc) is 2.43. The van der Waals surface area contributed by atoms with E-state index in [2.05, 4.69) is 5.32 Å². The molecular weight excluding hydrogens is 246 g/mol. The van der Waals surface area contributed by atoms with Gasteiger partial charge < -0.3 is 19.5 Å². The standard InChI is InChI=1S/C14H21NO4/c1-17-8-9-19-7-6-15-14(16)13-5-3-4-12(10-13)11-18-2/h3-5,10H,6-9,11H2,1-2H3,(H,15,16). The Labute approximate surface area is 113 Å². The van der Waals surface area contributed by atoms with Gasteiger partial charge >= 0.3 is 0 Å². The van der Waals surface area contributed by atoms with Gasteiger partial charge in [-0.3, -0.25) is 4.79 Å². The average molecular weight is 267 g/mol. The summed E-state index contributed by atoms with van der Waals surface area (Å²) in [7, 11) is 3.25. The lowest BCUT2D eigenvalue weighted by Crippen LogP contribution is -2.27. The van der Waals surface area contributed by atoms with Gasteiger partial charge in [0, 0.05) is 26.3 Å². The van der Waals surface area contributed by atoms with Crippen molar-refractivity contribution in [1.29, 1.82) is 0 Å². The van der Waals surface area contributed by atoms with E-state index in [1.165, 1.54) is 0 Å². The van der Waals surface area contributed by atoms with Gasteiger partial charge in [0.15, 0.2) is 0 Å². The molecule has 0 saturated carbocycles. The lowest BCUT2D eigenvalue weighted by Gasteiger charge is -2.07. The molecule has 0 atom stereocenters.